The SMILES string of the molecule is COc1ccc2c(-c3n[nH]c(=O)n3-c3cn(CCCN)c4ccc(F)cc34)cn(C)c2c1. The van der Waals surface area contributed by atoms with E-state index in [2.05, 4.69) is 10.2 Å². The van der Waals surface area contributed by atoms with E-state index in [0.717, 1.165) is 34.2 Å². The number of nitrogens with one attached hydrogen (secondary N) is 1. The van der Waals surface area contributed by atoms with Crippen LogP contribution in [-0.2, 0) is 13.6 Å². The summed E-state index contributed by atoms with van der Waals surface area (Å²) in [5.41, 5.74) is 8.41. The van der Waals surface area contributed by atoms with Crippen LogP contribution >= 0.6 is 0 Å². The number of aryl methyl sites for hydroxylation is 2. The molecule has 0 aliphatic heterocycles. The largest absolute Gasteiger partial charge is 0.497 e. The van der Waals surface area contributed by atoms with Crippen LogP contribution in [0.15, 0.2) is 53.6 Å². The van der Waals surface area contributed by atoms with E-state index >= 15 is 0 Å². The molecule has 0 spiro atoms. The molecule has 5 aromatic rings. The number of hydrogen-bond acceptors (Lipinski definition) is 4. The molecule has 0 unspecified atom stereocenters. The average molecular weight is 434 g/mol. The van der Waals surface area contributed by atoms with Crippen LogP contribution in [0.2, 0.25) is 0 Å². The third-order valence-electron chi connectivity index (χ3n) is 5.78. The lowest BCUT2D eigenvalue weighted by atomic mass is 10.1. The second-order valence-electron chi connectivity index (χ2n) is 7.74. The third-order valence-corrected chi connectivity index (χ3v) is 5.78. The van der Waals surface area contributed by atoms with E-state index in [4.69, 9.17) is 10.5 Å². The van der Waals surface area contributed by atoms with Crippen molar-refractivity contribution in [3.63, 3.8) is 0 Å². The smallest absolute Gasteiger partial charge is 0.348 e. The van der Waals surface area contributed by atoms with Crippen LogP contribution in [0, 0.1) is 5.82 Å². The van der Waals surface area contributed by atoms with Gasteiger partial charge >= 0.3 is 5.69 Å². The standard InChI is InChI=1S/C23H23FN6O2/c1-28-12-18(16-6-5-15(32-2)11-20(16)28)22-26-27-23(31)30(22)21-13-29(9-3-8-25)19-7-4-14(24)10-17(19)21/h4-7,10-13H,3,8-9,25H2,1-2H3,(H,27,31). The van der Waals surface area contributed by atoms with Crippen molar-refractivity contribution in [3.8, 4) is 22.8 Å². The van der Waals surface area contributed by atoms with Crippen molar-refractivity contribution in [1.82, 2.24) is 23.9 Å². The molecule has 0 fully saturated rings. The number of fused-ring (bicyclic) bond motifs is 2. The molecule has 3 heterocycles. The molecule has 3 aromatic heterocycles. The maximum atomic E-state index is 14.2. The Bertz CT molecular complexity index is 1510. The van der Waals surface area contributed by atoms with Crippen LogP contribution < -0.4 is 16.2 Å². The van der Waals surface area contributed by atoms with Gasteiger partial charge < -0.3 is 19.6 Å². The normalized spacial score (nSPS) is 11.6. The number of methoxy groups -OCH3 is 1. The first-order valence-corrected chi connectivity index (χ1v) is 10.3. The number of aromatic nitrogens is 5. The highest BCUT2D eigenvalue weighted by molar-refractivity contribution is 5.96. The highest BCUT2D eigenvalue weighted by Gasteiger charge is 2.21. The highest BCUT2D eigenvalue weighted by Crippen LogP contribution is 2.33. The average Bonchev–Trinajstić information content (AvgIpc) is 3.44. The maximum absolute atomic E-state index is 14.2. The van der Waals surface area contributed by atoms with Crippen LogP contribution in [0.4, 0.5) is 4.39 Å². The number of nitrogens with zero attached hydrogens (tertiary/aromatic N) is 4. The molecule has 0 atom stereocenters. The second kappa shape index (κ2) is 7.69. The first-order valence-electron chi connectivity index (χ1n) is 10.3. The monoisotopic (exact) mass is 434 g/mol. The molecule has 0 radical (unpaired) electrons. The molecule has 8 nitrogen and oxygen atoms in total. The van der Waals surface area contributed by atoms with Crippen LogP contribution in [0.1, 0.15) is 6.42 Å². The topological polar surface area (TPSA) is 95.8 Å². The summed E-state index contributed by atoms with van der Waals surface area (Å²) in [7, 11) is 3.55. The molecule has 2 aromatic carbocycles. The molecule has 0 saturated heterocycles. The Labute approximate surface area is 182 Å². The first-order chi connectivity index (χ1) is 15.5. The number of hydrogen-bond donors (Lipinski definition) is 2. The Morgan fingerprint density at radius 2 is 1.97 bits per heavy atom. The Balaban J connectivity index is 1.76. The fourth-order valence-corrected chi connectivity index (χ4v) is 4.25. The summed E-state index contributed by atoms with van der Waals surface area (Å²) in [6.45, 7) is 1.20. The zero-order valence-corrected chi connectivity index (χ0v) is 17.8. The first kappa shape index (κ1) is 20.1. The summed E-state index contributed by atoms with van der Waals surface area (Å²) in [4.78, 5) is 12.9. The maximum Gasteiger partial charge on any atom is 0.348 e. The molecule has 5 rings (SSSR count). The van der Waals surface area contributed by atoms with E-state index in [0.29, 0.717) is 30.0 Å². The van der Waals surface area contributed by atoms with Crippen molar-refractivity contribution >= 4 is 21.8 Å². The number of H-pyrrole nitrogens is 1. The van der Waals surface area contributed by atoms with Gasteiger partial charge in [-0.2, -0.15) is 5.10 Å². The zero-order valence-electron chi connectivity index (χ0n) is 17.8. The lowest BCUT2D eigenvalue weighted by Gasteiger charge is -2.05. The highest BCUT2D eigenvalue weighted by atomic mass is 19.1. The Hall–Kier alpha value is -3.85. The predicted molar refractivity (Wildman–Crippen MR) is 122 cm³/mol. The van der Waals surface area contributed by atoms with Crippen molar-refractivity contribution in [2.45, 2.75) is 13.0 Å². The van der Waals surface area contributed by atoms with Crippen molar-refractivity contribution < 1.29 is 9.13 Å². The third kappa shape index (κ3) is 3.09. The molecular weight excluding hydrogens is 411 g/mol. The zero-order chi connectivity index (χ0) is 22.4. The Morgan fingerprint density at radius 1 is 1.12 bits per heavy atom. The van der Waals surface area contributed by atoms with Crippen LogP contribution in [0.5, 0.6) is 5.75 Å². The van der Waals surface area contributed by atoms with Crippen molar-refractivity contribution in [2.24, 2.45) is 12.8 Å². The Morgan fingerprint density at radius 3 is 2.75 bits per heavy atom. The van der Waals surface area contributed by atoms with E-state index in [1.807, 2.05) is 46.8 Å². The number of benzene rings is 2. The van der Waals surface area contributed by atoms with Gasteiger partial charge in [0.25, 0.3) is 0 Å². The van der Waals surface area contributed by atoms with Crippen molar-refractivity contribution in [2.75, 3.05) is 13.7 Å². The van der Waals surface area contributed by atoms with E-state index in [-0.39, 0.29) is 5.82 Å². The summed E-state index contributed by atoms with van der Waals surface area (Å²) < 4.78 is 25.0. The van der Waals surface area contributed by atoms with E-state index in [1.165, 1.54) is 16.7 Å². The molecule has 9 heteroatoms. The second-order valence-corrected chi connectivity index (χ2v) is 7.74. The fraction of sp³-hybridized carbons (Fsp3) is 0.217. The van der Waals surface area contributed by atoms with E-state index in [1.54, 1.807) is 13.2 Å². The van der Waals surface area contributed by atoms with Gasteiger partial charge in [0, 0.05) is 48.4 Å². The van der Waals surface area contributed by atoms with Crippen LogP contribution in [0.25, 0.3) is 38.9 Å². The molecule has 0 aliphatic rings. The van der Waals surface area contributed by atoms with Gasteiger partial charge in [-0.25, -0.2) is 18.9 Å². The van der Waals surface area contributed by atoms with Gasteiger partial charge in [-0.3, -0.25) is 0 Å². The number of halogens is 1. The van der Waals surface area contributed by atoms with Crippen LogP contribution in [-0.4, -0.2) is 37.6 Å². The molecule has 3 N–H and O–H groups in total. The Kier molecular flexibility index (Phi) is 4.82. The van der Waals surface area contributed by atoms with Gasteiger partial charge in [-0.15, -0.1) is 0 Å². The minimum Gasteiger partial charge on any atom is -0.497 e. The summed E-state index contributed by atoms with van der Waals surface area (Å²) >= 11 is 0. The molecule has 0 amide bonds. The molecule has 0 saturated carbocycles. The number of nitrogens with two attached hydrogens (primary N) is 1. The molecular formula is C23H23FN6O2. The van der Waals surface area contributed by atoms with Crippen LogP contribution in [0.3, 0.4) is 0 Å². The molecule has 164 valence electrons. The van der Waals surface area contributed by atoms with E-state index < -0.39 is 5.69 Å². The van der Waals surface area contributed by atoms with Gasteiger partial charge in [0.15, 0.2) is 5.82 Å². The molecule has 32 heavy (non-hydrogen) atoms. The summed E-state index contributed by atoms with van der Waals surface area (Å²) in [5, 5.41) is 8.45. The minimum atomic E-state index is -0.396. The van der Waals surface area contributed by atoms with Gasteiger partial charge in [0.1, 0.15) is 11.6 Å². The van der Waals surface area contributed by atoms with Crippen molar-refractivity contribution in [1.29, 1.82) is 0 Å². The number of rotatable bonds is 6. The number of aromatic amines is 1. The van der Waals surface area contributed by atoms with Crippen molar-refractivity contribution in [3.05, 3.63) is 65.1 Å². The van der Waals surface area contributed by atoms with Gasteiger partial charge in [0.2, 0.25) is 0 Å². The summed E-state index contributed by atoms with van der Waals surface area (Å²) in [6, 6.07) is 10.3. The number of ether oxygens (including phenoxy) is 1. The van der Waals surface area contributed by atoms with Gasteiger partial charge in [-0.05, 0) is 43.3 Å². The van der Waals surface area contributed by atoms with E-state index in [9.17, 15) is 9.18 Å². The fourth-order valence-electron chi connectivity index (χ4n) is 4.25. The predicted octanol–water partition coefficient (Wildman–Crippen LogP) is 3.17. The molecule has 0 aliphatic carbocycles. The molecule has 0 bridgehead atoms. The lowest BCUT2D eigenvalue weighted by molar-refractivity contribution is 0.415. The summed E-state index contributed by atoms with van der Waals surface area (Å²) in [6.07, 6.45) is 4.54. The van der Waals surface area contributed by atoms with Gasteiger partial charge in [-0.1, -0.05) is 0 Å². The minimum absolute atomic E-state index is 0.370. The quantitative estimate of drug-likeness (QED) is 0.429. The summed E-state index contributed by atoms with van der Waals surface area (Å²) in [5.74, 6) is 0.821. The van der Waals surface area contributed by atoms with Gasteiger partial charge in [0.05, 0.1) is 23.8 Å². The lowest BCUT2D eigenvalue weighted by Crippen LogP contribution is -2.15.